The molecule has 1 saturated heterocycles. The number of carbonyl (C=O) groups is 2. The number of hydrogen-bond donors (Lipinski definition) is 2. The molecular formula is C13H16N2O3. The van der Waals surface area contributed by atoms with Crippen molar-refractivity contribution < 1.29 is 14.3 Å². The van der Waals surface area contributed by atoms with Crippen molar-refractivity contribution in [2.24, 2.45) is 5.73 Å². The third kappa shape index (κ3) is 2.68. The average Bonchev–Trinajstić information content (AvgIpc) is 2.25. The van der Waals surface area contributed by atoms with Crippen molar-refractivity contribution in [3.63, 3.8) is 0 Å². The summed E-state index contributed by atoms with van der Waals surface area (Å²) in [5.74, 6) is -0.647. The summed E-state index contributed by atoms with van der Waals surface area (Å²) in [5, 5.41) is 2.84. The minimum atomic E-state index is -0.632. The number of ether oxygens (including phenoxy) is 1. The molecule has 0 atom stereocenters. The van der Waals surface area contributed by atoms with Crippen LogP contribution in [0.25, 0.3) is 0 Å². The Kier molecular flexibility index (Phi) is 3.34. The van der Waals surface area contributed by atoms with Gasteiger partial charge in [-0.3, -0.25) is 9.59 Å². The summed E-state index contributed by atoms with van der Waals surface area (Å²) in [4.78, 5) is 23.1. The van der Waals surface area contributed by atoms with Crippen molar-refractivity contribution in [3.8, 4) is 0 Å². The predicted octanol–water partition coefficient (Wildman–Crippen LogP) is 0.369. The summed E-state index contributed by atoms with van der Waals surface area (Å²) < 4.78 is 5.08. The number of benzene rings is 1. The van der Waals surface area contributed by atoms with Crippen molar-refractivity contribution in [1.29, 1.82) is 0 Å². The molecule has 0 bridgehead atoms. The van der Waals surface area contributed by atoms with Crippen LogP contribution in [0.2, 0.25) is 0 Å². The second-order valence-electron chi connectivity index (χ2n) is 4.74. The van der Waals surface area contributed by atoms with E-state index in [1.165, 1.54) is 0 Å². The second kappa shape index (κ2) is 4.78. The highest BCUT2D eigenvalue weighted by atomic mass is 16.5. The molecule has 1 aliphatic heterocycles. The monoisotopic (exact) mass is 248 g/mol. The molecule has 0 aliphatic carbocycles. The Morgan fingerprint density at radius 2 is 2.17 bits per heavy atom. The highest BCUT2D eigenvalue weighted by Gasteiger charge is 2.41. The molecule has 0 aromatic heterocycles. The molecule has 0 radical (unpaired) electrons. The van der Waals surface area contributed by atoms with Gasteiger partial charge in [-0.15, -0.1) is 0 Å². The third-order valence-electron chi connectivity index (χ3n) is 2.93. The molecule has 18 heavy (non-hydrogen) atoms. The van der Waals surface area contributed by atoms with Gasteiger partial charge >= 0.3 is 0 Å². The normalized spacial score (nSPS) is 16.7. The minimum absolute atomic E-state index is 0.102. The maximum atomic E-state index is 12.1. The van der Waals surface area contributed by atoms with Crippen LogP contribution >= 0.6 is 0 Å². The third-order valence-corrected chi connectivity index (χ3v) is 2.93. The second-order valence-corrected chi connectivity index (χ2v) is 4.74. The smallest absolute Gasteiger partial charge is 0.251 e. The van der Waals surface area contributed by atoms with Crippen LogP contribution in [0.4, 0.5) is 0 Å². The Balaban J connectivity index is 2.08. The molecule has 96 valence electrons. The number of carbonyl (C=O) groups excluding carboxylic acids is 2. The van der Waals surface area contributed by atoms with E-state index in [4.69, 9.17) is 10.5 Å². The van der Waals surface area contributed by atoms with E-state index in [0.29, 0.717) is 18.8 Å². The first-order valence-corrected chi connectivity index (χ1v) is 5.76. The van der Waals surface area contributed by atoms with Crippen LogP contribution < -0.4 is 11.1 Å². The largest absolute Gasteiger partial charge is 0.376 e. The lowest BCUT2D eigenvalue weighted by Crippen LogP contribution is -2.63. The van der Waals surface area contributed by atoms with Crippen LogP contribution in [0.15, 0.2) is 24.3 Å². The van der Waals surface area contributed by atoms with Crippen molar-refractivity contribution in [2.45, 2.75) is 18.9 Å². The molecule has 3 N–H and O–H groups in total. The molecule has 0 unspecified atom stereocenters. The Labute approximate surface area is 105 Å². The lowest BCUT2D eigenvalue weighted by atomic mass is 9.92. The van der Waals surface area contributed by atoms with Gasteiger partial charge in [0.1, 0.15) is 0 Å². The van der Waals surface area contributed by atoms with Crippen LogP contribution in [-0.2, 0) is 9.53 Å². The van der Waals surface area contributed by atoms with Gasteiger partial charge in [0.2, 0.25) is 5.91 Å². The maximum Gasteiger partial charge on any atom is 0.251 e. The zero-order chi connectivity index (χ0) is 13.2. The maximum absolute atomic E-state index is 12.1. The Morgan fingerprint density at radius 3 is 2.67 bits per heavy atom. The number of nitrogens with two attached hydrogens (primary N) is 1. The van der Waals surface area contributed by atoms with Gasteiger partial charge in [-0.25, -0.2) is 0 Å². The molecule has 2 rings (SSSR count). The van der Waals surface area contributed by atoms with Crippen LogP contribution in [0.1, 0.15) is 22.3 Å². The predicted molar refractivity (Wildman–Crippen MR) is 66.0 cm³/mol. The molecular weight excluding hydrogens is 232 g/mol. The zero-order valence-electron chi connectivity index (χ0n) is 10.2. The fraction of sp³-hybridized carbons (Fsp3) is 0.385. The summed E-state index contributed by atoms with van der Waals surface area (Å²) in [5.41, 5.74) is 6.13. The van der Waals surface area contributed by atoms with Gasteiger partial charge in [-0.2, -0.15) is 0 Å². The molecule has 1 fully saturated rings. The van der Waals surface area contributed by atoms with Gasteiger partial charge in [-0.05, 0) is 19.1 Å². The average molecular weight is 248 g/mol. The topological polar surface area (TPSA) is 81.4 Å². The van der Waals surface area contributed by atoms with E-state index in [1.807, 2.05) is 19.1 Å². The molecule has 5 nitrogen and oxygen atoms in total. The summed E-state index contributed by atoms with van der Waals surface area (Å²) in [6, 6.07) is 7.28. The van der Waals surface area contributed by atoms with Crippen molar-refractivity contribution in [1.82, 2.24) is 5.32 Å². The molecule has 1 aromatic carbocycles. The van der Waals surface area contributed by atoms with Gasteiger partial charge in [0.05, 0.1) is 25.2 Å². The first-order valence-electron chi connectivity index (χ1n) is 5.76. The zero-order valence-corrected chi connectivity index (χ0v) is 10.2. The fourth-order valence-corrected chi connectivity index (χ4v) is 2.00. The number of hydrogen-bond acceptors (Lipinski definition) is 3. The summed E-state index contributed by atoms with van der Waals surface area (Å²) >= 11 is 0. The van der Waals surface area contributed by atoms with E-state index < -0.39 is 11.4 Å². The molecule has 0 spiro atoms. The van der Waals surface area contributed by atoms with E-state index in [9.17, 15) is 9.59 Å². The Bertz CT molecular complexity index is 481. The summed E-state index contributed by atoms with van der Waals surface area (Å²) in [7, 11) is 0. The first kappa shape index (κ1) is 12.6. The van der Waals surface area contributed by atoms with Gasteiger partial charge in [-0.1, -0.05) is 17.7 Å². The number of rotatable bonds is 4. The van der Waals surface area contributed by atoms with E-state index in [0.717, 1.165) is 5.56 Å². The lowest BCUT2D eigenvalue weighted by molar-refractivity contribution is -0.127. The molecule has 1 aliphatic rings. The van der Waals surface area contributed by atoms with E-state index in [1.54, 1.807) is 12.1 Å². The van der Waals surface area contributed by atoms with E-state index in [-0.39, 0.29) is 12.3 Å². The number of aryl methyl sites for hydroxylation is 1. The van der Waals surface area contributed by atoms with Gasteiger partial charge in [0.15, 0.2) is 0 Å². The highest BCUT2D eigenvalue weighted by Crippen LogP contribution is 2.21. The van der Waals surface area contributed by atoms with Crippen LogP contribution in [0.5, 0.6) is 0 Å². The highest BCUT2D eigenvalue weighted by molar-refractivity contribution is 5.95. The van der Waals surface area contributed by atoms with Crippen molar-refractivity contribution in [3.05, 3.63) is 35.4 Å². The molecule has 1 heterocycles. The van der Waals surface area contributed by atoms with Crippen molar-refractivity contribution >= 4 is 11.8 Å². The number of primary amides is 1. The Hall–Kier alpha value is -1.88. The standard InChI is InChI=1S/C13H16N2O3/c1-9-3-2-4-10(5-9)12(17)15-13(6-11(14)16)7-18-8-13/h2-5H,6-8H2,1H3,(H2,14,16)(H,15,17). The van der Waals surface area contributed by atoms with Gasteiger partial charge < -0.3 is 15.8 Å². The van der Waals surface area contributed by atoms with Crippen LogP contribution in [-0.4, -0.2) is 30.6 Å². The lowest BCUT2D eigenvalue weighted by Gasteiger charge is -2.41. The van der Waals surface area contributed by atoms with Gasteiger partial charge in [0.25, 0.3) is 5.91 Å². The molecule has 0 saturated carbocycles. The molecule has 2 amide bonds. The fourth-order valence-electron chi connectivity index (χ4n) is 2.00. The van der Waals surface area contributed by atoms with E-state index in [2.05, 4.69) is 5.32 Å². The van der Waals surface area contributed by atoms with Crippen LogP contribution in [0.3, 0.4) is 0 Å². The number of amides is 2. The van der Waals surface area contributed by atoms with Crippen molar-refractivity contribution in [2.75, 3.05) is 13.2 Å². The number of nitrogens with one attached hydrogen (secondary N) is 1. The molecule has 1 aromatic rings. The Morgan fingerprint density at radius 1 is 1.44 bits per heavy atom. The summed E-state index contributed by atoms with van der Waals surface area (Å²) in [6.45, 7) is 2.57. The van der Waals surface area contributed by atoms with E-state index >= 15 is 0 Å². The SMILES string of the molecule is Cc1cccc(C(=O)NC2(CC(N)=O)COC2)c1. The quantitative estimate of drug-likeness (QED) is 0.807. The first-order chi connectivity index (χ1) is 8.51. The summed E-state index contributed by atoms with van der Waals surface area (Å²) in [6.07, 6.45) is 0.102. The van der Waals surface area contributed by atoms with Crippen LogP contribution in [0, 0.1) is 6.92 Å². The molecule has 5 heteroatoms. The van der Waals surface area contributed by atoms with Gasteiger partial charge in [0, 0.05) is 5.56 Å². The minimum Gasteiger partial charge on any atom is -0.376 e.